The number of phosphoric ester groups is 1. The van der Waals surface area contributed by atoms with Gasteiger partial charge in [0.1, 0.15) is 30.2 Å². The third-order valence-electron chi connectivity index (χ3n) is 5.51. The molecule has 0 radical (unpaired) electrons. The van der Waals surface area contributed by atoms with Crippen LogP contribution in [0, 0.1) is 10.1 Å². The van der Waals surface area contributed by atoms with E-state index in [1.807, 2.05) is 0 Å². The van der Waals surface area contributed by atoms with Crippen molar-refractivity contribution < 1.29 is 66.3 Å². The first-order valence-electron chi connectivity index (χ1n) is 10.7. The molecule has 1 fully saturated rings. The Bertz CT molecular complexity index is 1460. The minimum atomic E-state index is -6.04. The number of nitrogen functional groups attached to an aromatic ring is 1. The lowest BCUT2D eigenvalue weighted by atomic mass is 9.89. The summed E-state index contributed by atoms with van der Waals surface area (Å²) in [6.45, 7) is 1.19. The van der Waals surface area contributed by atoms with Crippen LogP contribution in [0.15, 0.2) is 41.3 Å². The van der Waals surface area contributed by atoms with Crippen molar-refractivity contribution in [3.8, 4) is 0 Å². The van der Waals surface area contributed by atoms with E-state index < -0.39 is 76.3 Å². The third kappa shape index (κ3) is 7.65. The van der Waals surface area contributed by atoms with Crippen LogP contribution in [0.1, 0.15) is 24.6 Å². The Morgan fingerprint density at radius 3 is 2.30 bits per heavy atom. The van der Waals surface area contributed by atoms with Gasteiger partial charge < -0.3 is 40.3 Å². The van der Waals surface area contributed by atoms with Gasteiger partial charge >= 0.3 is 21.3 Å². The number of hydrogen-bond donors (Lipinski definition) is 6. The summed E-state index contributed by atoms with van der Waals surface area (Å²) in [4.78, 5) is 65.6. The van der Waals surface area contributed by atoms with Gasteiger partial charge in [-0.25, -0.2) is 18.2 Å². The number of aliphatic hydroxyl groups is 2. The first kappa shape index (κ1) is 32.1. The molecule has 2 heterocycles. The minimum Gasteiger partial charge on any atom is -0.756 e. The highest BCUT2D eigenvalue weighted by atomic mass is 31.3. The van der Waals surface area contributed by atoms with Crippen molar-refractivity contribution in [2.75, 3.05) is 5.73 Å². The lowest BCUT2D eigenvalue weighted by Crippen LogP contribution is -2.42. The molecule has 40 heavy (non-hydrogen) atoms. The lowest BCUT2D eigenvalue weighted by molar-refractivity contribution is -0.385. The number of nitro benzene ring substituents is 1. The van der Waals surface area contributed by atoms with Gasteiger partial charge in [-0.15, -0.1) is 0 Å². The number of rotatable bonds is 11. The van der Waals surface area contributed by atoms with E-state index in [-0.39, 0.29) is 11.4 Å². The average molecular weight is 631 g/mol. The molecule has 20 nitrogen and oxygen atoms in total. The number of para-hydroxylation sites is 1. The molecule has 0 spiro atoms. The molecule has 1 aliphatic rings. The largest absolute Gasteiger partial charge is 0.756 e. The zero-order valence-corrected chi connectivity index (χ0v) is 22.6. The zero-order valence-electron chi connectivity index (χ0n) is 19.9. The van der Waals surface area contributed by atoms with Gasteiger partial charge in [0.2, 0.25) is 0 Å². The summed E-state index contributed by atoms with van der Waals surface area (Å²) in [5.74, 6) is -1.61. The highest BCUT2D eigenvalue weighted by Crippen LogP contribution is 2.66. The summed E-state index contributed by atoms with van der Waals surface area (Å²) >= 11 is 0. The fourth-order valence-corrected chi connectivity index (χ4v) is 7.14. The normalized spacial score (nSPS) is 27.2. The van der Waals surface area contributed by atoms with Crippen LogP contribution in [0.5, 0.6) is 0 Å². The minimum absolute atomic E-state index is 0.180. The van der Waals surface area contributed by atoms with E-state index in [2.05, 4.69) is 13.6 Å². The van der Waals surface area contributed by atoms with Gasteiger partial charge in [-0.3, -0.25) is 23.8 Å². The first-order chi connectivity index (χ1) is 18.3. The lowest BCUT2D eigenvalue weighted by Gasteiger charge is -2.32. The smallest absolute Gasteiger partial charge is 0.487 e. The van der Waals surface area contributed by atoms with E-state index in [9.17, 15) is 53.5 Å². The maximum Gasteiger partial charge on any atom is 0.487 e. The number of aromatic nitrogens is 2. The molecule has 0 aliphatic carbocycles. The molecular weight excluding hydrogens is 609 g/mol. The second-order valence-electron chi connectivity index (χ2n) is 8.26. The Balaban J connectivity index is 2.05. The van der Waals surface area contributed by atoms with Crippen molar-refractivity contribution >= 4 is 35.0 Å². The molecule has 0 amide bonds. The van der Waals surface area contributed by atoms with E-state index in [1.54, 1.807) is 0 Å². The van der Waals surface area contributed by atoms with Crippen molar-refractivity contribution in [3.05, 3.63) is 62.7 Å². The van der Waals surface area contributed by atoms with E-state index >= 15 is 0 Å². The van der Waals surface area contributed by atoms with Crippen LogP contribution in [-0.2, 0) is 31.6 Å². The molecule has 23 heteroatoms. The maximum atomic E-state index is 12.7. The Morgan fingerprint density at radius 2 is 1.73 bits per heavy atom. The fraction of sp³-hybridized carbons (Fsp3) is 0.412. The van der Waals surface area contributed by atoms with Crippen molar-refractivity contribution in [3.63, 3.8) is 0 Å². The van der Waals surface area contributed by atoms with Gasteiger partial charge in [0, 0.05) is 23.7 Å². The SMILES string of the molecule is CC(c1ccccc1[N+](=O)[O-])C(OP(=O)(O)OP(=O)(O)OP(=O)([O-])O)[C@H]1O[C@@H](n2ccc(N)nc2=O)[C@H](O)[C@@H]1O. The summed E-state index contributed by atoms with van der Waals surface area (Å²) in [6, 6.07) is 6.04. The van der Waals surface area contributed by atoms with Gasteiger partial charge in [-0.05, 0) is 6.07 Å². The Hall–Kier alpha value is -2.41. The summed E-state index contributed by atoms with van der Waals surface area (Å²) in [6.07, 6.45) is -8.62. The number of nitrogens with two attached hydrogens (primary N) is 1. The van der Waals surface area contributed by atoms with Crippen LogP contribution in [0.2, 0.25) is 0 Å². The van der Waals surface area contributed by atoms with Crippen LogP contribution >= 0.6 is 23.5 Å². The van der Waals surface area contributed by atoms with E-state index in [0.29, 0.717) is 4.57 Å². The van der Waals surface area contributed by atoms with Crippen LogP contribution < -0.4 is 16.3 Å². The topological polar surface area (TPSA) is 316 Å². The number of benzene rings is 1. The number of hydrogen-bond acceptors (Lipinski definition) is 15. The summed E-state index contributed by atoms with van der Waals surface area (Å²) in [5, 5.41) is 33.0. The number of nitrogens with zero attached hydrogens (tertiary/aromatic N) is 3. The van der Waals surface area contributed by atoms with E-state index in [1.165, 1.54) is 25.1 Å². The Kier molecular flexibility index (Phi) is 9.50. The molecule has 2 aromatic rings. The summed E-state index contributed by atoms with van der Waals surface area (Å²) < 4.78 is 53.8. The second-order valence-corrected chi connectivity index (χ2v) is 12.6. The summed E-state index contributed by atoms with van der Waals surface area (Å²) in [7, 11) is -17.9. The van der Waals surface area contributed by atoms with E-state index in [0.717, 1.165) is 18.3 Å². The third-order valence-corrected chi connectivity index (χ3v) is 9.32. The molecule has 1 aliphatic heterocycles. The van der Waals surface area contributed by atoms with E-state index in [4.69, 9.17) is 19.9 Å². The predicted molar refractivity (Wildman–Crippen MR) is 127 cm³/mol. The van der Waals surface area contributed by atoms with Crippen molar-refractivity contribution in [2.45, 2.75) is 43.5 Å². The second kappa shape index (κ2) is 11.8. The molecule has 1 aromatic heterocycles. The molecule has 1 saturated heterocycles. The molecule has 0 saturated carbocycles. The molecule has 7 N–H and O–H groups in total. The van der Waals surface area contributed by atoms with Crippen molar-refractivity contribution in [2.24, 2.45) is 0 Å². The maximum absolute atomic E-state index is 12.7. The number of anilines is 1. The molecule has 1 aromatic carbocycles. The molecular formula is C17H22N4O16P3-. The van der Waals surface area contributed by atoms with Gasteiger partial charge in [0.15, 0.2) is 6.23 Å². The van der Waals surface area contributed by atoms with Crippen molar-refractivity contribution in [1.29, 1.82) is 0 Å². The monoisotopic (exact) mass is 631 g/mol. The van der Waals surface area contributed by atoms with Crippen LogP contribution in [0.4, 0.5) is 11.5 Å². The molecule has 5 unspecified atom stereocenters. The van der Waals surface area contributed by atoms with Crippen LogP contribution in [0.25, 0.3) is 0 Å². The zero-order chi connectivity index (χ0) is 30.2. The quantitative estimate of drug-likeness (QED) is 0.101. The first-order valence-corrected chi connectivity index (χ1v) is 15.2. The van der Waals surface area contributed by atoms with Gasteiger partial charge in [0.05, 0.1) is 4.92 Å². The molecule has 0 bridgehead atoms. The van der Waals surface area contributed by atoms with Crippen LogP contribution in [0.3, 0.4) is 0 Å². The average Bonchev–Trinajstić information content (AvgIpc) is 3.08. The number of ether oxygens (including phenoxy) is 1. The highest BCUT2D eigenvalue weighted by Gasteiger charge is 2.52. The van der Waals surface area contributed by atoms with Gasteiger partial charge in [-0.2, -0.15) is 9.29 Å². The van der Waals surface area contributed by atoms with Crippen molar-refractivity contribution in [1.82, 2.24) is 9.55 Å². The number of aliphatic hydroxyl groups excluding tert-OH is 2. The molecule has 3 rings (SSSR count). The number of phosphoric acid groups is 3. The summed E-state index contributed by atoms with van der Waals surface area (Å²) in [5.41, 5.74) is 3.68. The van der Waals surface area contributed by atoms with Gasteiger partial charge in [-0.1, -0.05) is 25.1 Å². The standard InChI is InChI=1S/C17H23N4O16P3/c1-8(9-4-2-3-5-10(9)21(25)26)14(35-39(30,31)37-40(32,33)36-38(27,28)29)15-12(22)13(23)16(34-15)20-7-6-11(18)19-17(20)24/h2-8,12-16,22-23H,1H3,(H,30,31)(H,32,33)(H2,18,19,24)(H2,27,28,29)/p-1/t8?,12-,13+,14?,15-,16+/m0/s1. The Morgan fingerprint density at radius 1 is 1.10 bits per heavy atom. The molecule has 9 atom stereocenters. The number of nitro groups is 1. The highest BCUT2D eigenvalue weighted by molar-refractivity contribution is 7.66. The van der Waals surface area contributed by atoms with Gasteiger partial charge in [0.25, 0.3) is 13.5 Å². The fourth-order valence-electron chi connectivity index (χ4n) is 3.91. The van der Waals surface area contributed by atoms with Crippen LogP contribution in [-0.4, -0.2) is 63.8 Å². The Labute approximate surface area is 223 Å². The molecule has 222 valence electrons. The predicted octanol–water partition coefficient (Wildman–Crippen LogP) is -0.763.